The van der Waals surface area contributed by atoms with Gasteiger partial charge in [-0.1, -0.05) is 12.6 Å². The summed E-state index contributed by atoms with van der Waals surface area (Å²) < 4.78 is 0. The Bertz CT molecular complexity index is 38.5. The van der Waals surface area contributed by atoms with Crippen molar-refractivity contribution in [1.29, 1.82) is 0 Å². The standard InChI is InChI=1S/CH3NOS.FH.Si/c2-1(3)4;;/h(H3,2,3,4);1H;. The van der Waals surface area contributed by atoms with E-state index in [2.05, 4.69) is 18.4 Å². The molecule has 0 atom stereocenters. The van der Waals surface area contributed by atoms with Crippen molar-refractivity contribution in [3.63, 3.8) is 0 Å². The van der Waals surface area contributed by atoms with Crippen LogP contribution in [-0.4, -0.2) is 16.2 Å². The van der Waals surface area contributed by atoms with Gasteiger partial charge in [-0.25, -0.2) is 0 Å². The molecule has 0 saturated carbocycles. The fraction of sp³-hybridized carbons (Fsp3) is 0. The molecular weight excluding hydrogens is 121 g/mol. The van der Waals surface area contributed by atoms with E-state index in [1.54, 1.807) is 0 Å². The minimum absolute atomic E-state index is 0. The normalized spacial score (nSPS) is 4.17. The Morgan fingerprint density at radius 3 is 1.67 bits per heavy atom. The van der Waals surface area contributed by atoms with Crippen LogP contribution in [0.25, 0.3) is 0 Å². The van der Waals surface area contributed by atoms with Gasteiger partial charge >= 0.3 is 0 Å². The molecule has 0 aliphatic rings. The van der Waals surface area contributed by atoms with Crippen LogP contribution < -0.4 is 5.73 Å². The molecule has 5 heteroatoms. The van der Waals surface area contributed by atoms with Gasteiger partial charge in [-0.3, -0.25) is 9.50 Å². The maximum absolute atomic E-state index is 9.09. The lowest BCUT2D eigenvalue weighted by Gasteiger charge is -1.58. The molecule has 0 aliphatic carbocycles. The van der Waals surface area contributed by atoms with Crippen LogP contribution in [-0.2, 0) is 0 Å². The number of carbonyl (C=O) groups is 1. The number of hydrogen-bond acceptors (Lipinski definition) is 1. The zero-order chi connectivity index (χ0) is 3.58. The second kappa shape index (κ2) is 8.88. The highest BCUT2D eigenvalue weighted by Crippen LogP contribution is 1.60. The summed E-state index contributed by atoms with van der Waals surface area (Å²) in [6, 6.07) is 0. The molecule has 36 valence electrons. The predicted octanol–water partition coefficient (Wildman–Crippen LogP) is -0.233. The van der Waals surface area contributed by atoms with E-state index in [0.29, 0.717) is 0 Å². The zero-order valence-corrected chi connectivity index (χ0v) is 4.74. The average Bonchev–Trinajstić information content (AvgIpc) is 0.811. The Morgan fingerprint density at radius 2 is 1.67 bits per heavy atom. The first-order valence-corrected chi connectivity index (χ1v) is 1.16. The molecular formula is CH4FNOSSi. The second-order valence-electron chi connectivity index (χ2n) is 0.338. The van der Waals surface area contributed by atoms with E-state index in [-0.39, 0.29) is 15.7 Å². The molecule has 0 spiro atoms. The quantitative estimate of drug-likeness (QED) is 0.341. The van der Waals surface area contributed by atoms with E-state index in [9.17, 15) is 0 Å². The zero-order valence-electron chi connectivity index (χ0n) is 2.84. The van der Waals surface area contributed by atoms with Gasteiger partial charge in [0.15, 0.2) is 0 Å². The lowest BCUT2D eigenvalue weighted by molar-refractivity contribution is 0.267. The number of nitrogens with two attached hydrogens (primary N) is 1. The van der Waals surface area contributed by atoms with Crippen LogP contribution in [0.1, 0.15) is 0 Å². The van der Waals surface area contributed by atoms with Crippen LogP contribution >= 0.6 is 12.6 Å². The molecule has 0 aromatic heterocycles. The van der Waals surface area contributed by atoms with E-state index >= 15 is 0 Å². The summed E-state index contributed by atoms with van der Waals surface area (Å²) in [6.07, 6.45) is 0. The molecule has 0 heterocycles. The first-order valence-electron chi connectivity index (χ1n) is 0.716. The highest BCUT2D eigenvalue weighted by molar-refractivity contribution is 7.96. The lowest BCUT2D eigenvalue weighted by Crippen LogP contribution is -1.95. The number of primary amides is 1. The molecule has 2 N–H and O–H groups in total. The van der Waals surface area contributed by atoms with Crippen molar-refractivity contribution in [2.75, 3.05) is 0 Å². The predicted molar refractivity (Wildman–Crippen MR) is 26.8 cm³/mol. The topological polar surface area (TPSA) is 43.1 Å². The monoisotopic (exact) mass is 125 g/mol. The van der Waals surface area contributed by atoms with Crippen LogP contribution in [0.4, 0.5) is 9.50 Å². The fourth-order valence-corrected chi connectivity index (χ4v) is 0. The van der Waals surface area contributed by atoms with Crippen LogP contribution in [0.15, 0.2) is 0 Å². The first-order chi connectivity index (χ1) is 1.73. The molecule has 0 aromatic carbocycles. The maximum atomic E-state index is 9.09. The van der Waals surface area contributed by atoms with Crippen LogP contribution in [0.3, 0.4) is 0 Å². The third kappa shape index (κ3) is 31800. The summed E-state index contributed by atoms with van der Waals surface area (Å²) in [5.41, 5.74) is 4.34. The van der Waals surface area contributed by atoms with Crippen molar-refractivity contribution >= 4 is 28.8 Å². The molecule has 0 unspecified atom stereocenters. The van der Waals surface area contributed by atoms with Crippen LogP contribution in [0, 0.1) is 0 Å². The summed E-state index contributed by atoms with van der Waals surface area (Å²) in [6.45, 7) is 0. The SMILES string of the molecule is F.NC(=O)S.[Si]. The molecule has 0 bridgehead atoms. The molecule has 0 aromatic rings. The molecule has 1 amide bonds. The van der Waals surface area contributed by atoms with Gasteiger partial charge in [0, 0.05) is 11.0 Å². The summed E-state index contributed by atoms with van der Waals surface area (Å²) >= 11 is 3.10. The first kappa shape index (κ1) is 16.7. The fourth-order valence-electron chi connectivity index (χ4n) is 0. The van der Waals surface area contributed by atoms with Crippen molar-refractivity contribution in [1.82, 2.24) is 0 Å². The van der Waals surface area contributed by atoms with Crippen molar-refractivity contribution in [2.24, 2.45) is 5.73 Å². The number of amides is 1. The number of hydrogen-bond donors (Lipinski definition) is 2. The Balaban J connectivity index is -0.0000000450. The molecule has 0 saturated heterocycles. The Hall–Kier alpha value is -0.0331. The highest BCUT2D eigenvalue weighted by atomic mass is 32.1. The number of halogens is 1. The molecule has 0 aliphatic heterocycles. The highest BCUT2D eigenvalue weighted by Gasteiger charge is 1.63. The van der Waals surface area contributed by atoms with Crippen LogP contribution in [0.5, 0.6) is 0 Å². The summed E-state index contributed by atoms with van der Waals surface area (Å²) in [7, 11) is 0. The van der Waals surface area contributed by atoms with Gasteiger partial charge in [-0.2, -0.15) is 0 Å². The van der Waals surface area contributed by atoms with Gasteiger partial charge in [0.1, 0.15) is 0 Å². The van der Waals surface area contributed by atoms with Gasteiger partial charge in [-0.05, 0) is 0 Å². The third-order valence-corrected chi connectivity index (χ3v) is 0. The van der Waals surface area contributed by atoms with Gasteiger partial charge in [-0.15, -0.1) is 0 Å². The van der Waals surface area contributed by atoms with E-state index in [1.165, 1.54) is 0 Å². The van der Waals surface area contributed by atoms with E-state index in [1.807, 2.05) is 0 Å². The summed E-state index contributed by atoms with van der Waals surface area (Å²) in [5, 5.41) is -0.639. The van der Waals surface area contributed by atoms with E-state index in [4.69, 9.17) is 4.79 Å². The van der Waals surface area contributed by atoms with Gasteiger partial charge in [0.05, 0.1) is 0 Å². The van der Waals surface area contributed by atoms with Crippen molar-refractivity contribution in [2.45, 2.75) is 0 Å². The second-order valence-corrected chi connectivity index (χ2v) is 0.779. The molecule has 6 heavy (non-hydrogen) atoms. The van der Waals surface area contributed by atoms with E-state index < -0.39 is 5.24 Å². The Morgan fingerprint density at radius 1 is 1.67 bits per heavy atom. The number of carbonyl (C=O) groups excluding carboxylic acids is 1. The van der Waals surface area contributed by atoms with E-state index in [0.717, 1.165) is 0 Å². The van der Waals surface area contributed by atoms with Gasteiger partial charge in [0.2, 0.25) is 0 Å². The van der Waals surface area contributed by atoms with Crippen molar-refractivity contribution in [3.05, 3.63) is 0 Å². The molecule has 4 radical (unpaired) electrons. The minimum atomic E-state index is -0.639. The average molecular weight is 125 g/mol. The number of rotatable bonds is 0. The van der Waals surface area contributed by atoms with Crippen molar-refractivity contribution in [3.8, 4) is 0 Å². The summed E-state index contributed by atoms with van der Waals surface area (Å²) in [4.78, 5) is 9.09. The Labute approximate surface area is 44.9 Å². The van der Waals surface area contributed by atoms with Crippen molar-refractivity contribution < 1.29 is 9.50 Å². The number of thiol groups is 1. The third-order valence-electron chi connectivity index (χ3n) is 0. The largest absolute Gasteiger partial charge is 0.361 e. The lowest BCUT2D eigenvalue weighted by atomic mass is 11.5. The maximum Gasteiger partial charge on any atom is 0.273 e. The molecule has 0 fully saturated rings. The summed E-state index contributed by atoms with van der Waals surface area (Å²) in [5.74, 6) is 0. The molecule has 2 nitrogen and oxygen atoms in total. The van der Waals surface area contributed by atoms with Gasteiger partial charge < -0.3 is 5.73 Å². The van der Waals surface area contributed by atoms with Crippen LogP contribution in [0.2, 0.25) is 0 Å². The van der Waals surface area contributed by atoms with Gasteiger partial charge in [0.25, 0.3) is 5.24 Å². The smallest absolute Gasteiger partial charge is 0.273 e. The Kier molecular flexibility index (Phi) is 24.7. The minimum Gasteiger partial charge on any atom is -0.361 e. The molecule has 0 rings (SSSR count).